The van der Waals surface area contributed by atoms with E-state index in [9.17, 15) is 9.59 Å². The smallest absolute Gasteiger partial charge is 0.253 e. The lowest BCUT2D eigenvalue weighted by atomic mass is 9.75. The zero-order chi connectivity index (χ0) is 20.1. The summed E-state index contributed by atoms with van der Waals surface area (Å²) in [6.45, 7) is 2.12. The molecule has 2 aromatic heterocycles. The average molecular weight is 383 g/mol. The summed E-state index contributed by atoms with van der Waals surface area (Å²) in [7, 11) is 3.33. The molecule has 0 bridgehead atoms. The number of methoxy groups -OCH3 is 1. The van der Waals surface area contributed by atoms with Crippen molar-refractivity contribution in [1.29, 1.82) is 0 Å². The molecule has 0 spiro atoms. The van der Waals surface area contributed by atoms with E-state index in [1.807, 2.05) is 6.20 Å². The van der Waals surface area contributed by atoms with Crippen LogP contribution in [0.2, 0.25) is 0 Å². The third-order valence-corrected chi connectivity index (χ3v) is 5.90. The summed E-state index contributed by atoms with van der Waals surface area (Å²) in [5, 5.41) is 3.19. The molecular formula is C22H29N3O3. The van der Waals surface area contributed by atoms with Crippen LogP contribution < -0.4 is 15.6 Å². The van der Waals surface area contributed by atoms with Crippen LogP contribution in [0, 0.1) is 5.92 Å². The molecule has 150 valence electrons. The molecule has 0 radical (unpaired) electrons. The van der Waals surface area contributed by atoms with Crippen molar-refractivity contribution in [3.63, 3.8) is 0 Å². The fourth-order valence-corrected chi connectivity index (χ4v) is 4.11. The van der Waals surface area contributed by atoms with Crippen LogP contribution in [-0.2, 0) is 7.05 Å². The number of hydrogen-bond acceptors (Lipinski definition) is 4. The highest BCUT2D eigenvalue weighted by atomic mass is 16.5. The van der Waals surface area contributed by atoms with E-state index in [1.54, 1.807) is 43.1 Å². The normalized spacial score (nSPS) is 20.4. The highest BCUT2D eigenvalue weighted by molar-refractivity contribution is 5.94. The number of nitrogens with one attached hydrogen (secondary N) is 1. The Hall–Kier alpha value is -2.63. The number of aromatic nitrogens is 2. The van der Waals surface area contributed by atoms with Crippen LogP contribution in [-0.4, -0.2) is 28.6 Å². The summed E-state index contributed by atoms with van der Waals surface area (Å²) in [4.78, 5) is 28.6. The van der Waals surface area contributed by atoms with Crippen molar-refractivity contribution in [1.82, 2.24) is 14.9 Å². The Balaban J connectivity index is 1.58. The first-order chi connectivity index (χ1) is 13.5. The highest BCUT2D eigenvalue weighted by Gasteiger charge is 2.28. The van der Waals surface area contributed by atoms with E-state index < -0.39 is 0 Å². The molecule has 1 atom stereocenters. The number of pyridine rings is 2. The van der Waals surface area contributed by atoms with Gasteiger partial charge in [-0.2, -0.15) is 0 Å². The average Bonchev–Trinajstić information content (AvgIpc) is 2.74. The van der Waals surface area contributed by atoms with Gasteiger partial charge in [-0.1, -0.05) is 6.92 Å². The van der Waals surface area contributed by atoms with E-state index in [2.05, 4.69) is 23.3 Å². The summed E-state index contributed by atoms with van der Waals surface area (Å²) in [5.41, 5.74) is 1.74. The first-order valence-electron chi connectivity index (χ1n) is 9.99. The summed E-state index contributed by atoms with van der Waals surface area (Å²) >= 11 is 0. The van der Waals surface area contributed by atoms with Crippen molar-refractivity contribution < 1.29 is 9.53 Å². The predicted octanol–water partition coefficient (Wildman–Crippen LogP) is 3.27. The van der Waals surface area contributed by atoms with Crippen LogP contribution in [0.1, 0.15) is 60.9 Å². The van der Waals surface area contributed by atoms with Gasteiger partial charge in [0.2, 0.25) is 5.88 Å². The van der Waals surface area contributed by atoms with Crippen molar-refractivity contribution in [2.75, 3.05) is 7.11 Å². The fraction of sp³-hybridized carbons (Fsp3) is 0.500. The second-order valence-corrected chi connectivity index (χ2v) is 7.60. The maximum atomic E-state index is 12.6. The lowest BCUT2D eigenvalue weighted by Gasteiger charge is -2.34. The molecule has 6 nitrogen and oxygen atoms in total. The monoisotopic (exact) mass is 383 g/mol. The Kier molecular flexibility index (Phi) is 6.49. The Morgan fingerprint density at radius 3 is 2.61 bits per heavy atom. The Morgan fingerprint density at radius 1 is 1.29 bits per heavy atom. The molecule has 0 saturated heterocycles. The van der Waals surface area contributed by atoms with E-state index in [4.69, 9.17) is 4.74 Å². The number of hydrogen-bond donors (Lipinski definition) is 1. The van der Waals surface area contributed by atoms with Crippen LogP contribution in [0.25, 0.3) is 0 Å². The van der Waals surface area contributed by atoms with Gasteiger partial charge in [-0.05, 0) is 61.6 Å². The number of carbonyl (C=O) groups is 1. The zero-order valence-electron chi connectivity index (χ0n) is 16.9. The molecule has 1 aliphatic rings. The molecule has 1 amide bonds. The van der Waals surface area contributed by atoms with Crippen molar-refractivity contribution in [3.8, 4) is 5.88 Å². The maximum Gasteiger partial charge on any atom is 0.253 e. The Bertz CT molecular complexity index is 852. The standard InChI is InChI=1S/C22H29N3O3/c1-4-19(24-22(27)18-9-10-20(28-3)23-14-18)16-7-5-15(6-8-16)17-11-12-25(2)21(26)13-17/h9-16,19H,4-8H2,1-3H3,(H,24,27)/t15-,16+,19-/m1/s1. The van der Waals surface area contributed by atoms with Gasteiger partial charge in [0, 0.05) is 37.6 Å². The molecule has 2 heterocycles. The molecular weight excluding hydrogens is 354 g/mol. The highest BCUT2D eigenvalue weighted by Crippen LogP contribution is 2.37. The lowest BCUT2D eigenvalue weighted by Crippen LogP contribution is -2.41. The van der Waals surface area contributed by atoms with Crippen LogP contribution >= 0.6 is 0 Å². The molecule has 1 N–H and O–H groups in total. The molecule has 0 aliphatic heterocycles. The minimum absolute atomic E-state index is 0.0476. The molecule has 3 rings (SSSR count). The first-order valence-corrected chi connectivity index (χ1v) is 9.99. The largest absolute Gasteiger partial charge is 0.481 e. The topological polar surface area (TPSA) is 73.2 Å². The summed E-state index contributed by atoms with van der Waals surface area (Å²) in [5.74, 6) is 1.31. The molecule has 2 aromatic rings. The van der Waals surface area contributed by atoms with Gasteiger partial charge >= 0.3 is 0 Å². The van der Waals surface area contributed by atoms with Crippen LogP contribution in [0.4, 0.5) is 0 Å². The second kappa shape index (κ2) is 9.04. The van der Waals surface area contributed by atoms with Gasteiger partial charge in [0.25, 0.3) is 11.5 Å². The number of carbonyl (C=O) groups excluding carboxylic acids is 1. The quantitative estimate of drug-likeness (QED) is 0.831. The molecule has 1 fully saturated rings. The number of ether oxygens (including phenoxy) is 1. The number of amides is 1. The molecule has 1 saturated carbocycles. The lowest BCUT2D eigenvalue weighted by molar-refractivity contribution is 0.0909. The van der Waals surface area contributed by atoms with Gasteiger partial charge in [-0.3, -0.25) is 9.59 Å². The summed E-state index contributed by atoms with van der Waals surface area (Å²) in [6, 6.07) is 7.41. The van der Waals surface area contributed by atoms with Gasteiger partial charge in [-0.15, -0.1) is 0 Å². The minimum Gasteiger partial charge on any atom is -0.481 e. The van der Waals surface area contributed by atoms with E-state index in [-0.39, 0.29) is 17.5 Å². The third kappa shape index (κ3) is 4.61. The summed E-state index contributed by atoms with van der Waals surface area (Å²) in [6.07, 6.45) is 8.51. The van der Waals surface area contributed by atoms with Gasteiger partial charge in [0.15, 0.2) is 0 Å². The van der Waals surface area contributed by atoms with Crippen LogP contribution in [0.3, 0.4) is 0 Å². The Labute approximate surface area is 165 Å². The molecule has 1 aliphatic carbocycles. The number of nitrogens with zero attached hydrogens (tertiary/aromatic N) is 2. The maximum absolute atomic E-state index is 12.6. The van der Waals surface area contributed by atoms with Gasteiger partial charge in [-0.25, -0.2) is 4.98 Å². The van der Waals surface area contributed by atoms with Crippen molar-refractivity contribution in [2.24, 2.45) is 13.0 Å². The molecule has 0 unspecified atom stereocenters. The second-order valence-electron chi connectivity index (χ2n) is 7.60. The van der Waals surface area contributed by atoms with Crippen molar-refractivity contribution in [2.45, 2.75) is 51.0 Å². The van der Waals surface area contributed by atoms with Crippen molar-refractivity contribution >= 4 is 5.91 Å². The summed E-state index contributed by atoms with van der Waals surface area (Å²) < 4.78 is 6.65. The van der Waals surface area contributed by atoms with Gasteiger partial charge in [0.05, 0.1) is 12.7 Å². The van der Waals surface area contributed by atoms with E-state index in [0.29, 0.717) is 23.3 Å². The van der Waals surface area contributed by atoms with Crippen LogP contribution in [0.15, 0.2) is 41.5 Å². The van der Waals surface area contributed by atoms with E-state index in [0.717, 1.165) is 37.7 Å². The zero-order valence-corrected chi connectivity index (χ0v) is 16.9. The van der Waals surface area contributed by atoms with E-state index in [1.165, 1.54) is 0 Å². The number of aryl methyl sites for hydroxylation is 1. The third-order valence-electron chi connectivity index (χ3n) is 5.90. The minimum atomic E-state index is -0.0873. The van der Waals surface area contributed by atoms with Crippen molar-refractivity contribution in [3.05, 3.63) is 58.1 Å². The molecule has 28 heavy (non-hydrogen) atoms. The number of rotatable bonds is 6. The van der Waals surface area contributed by atoms with Gasteiger partial charge < -0.3 is 14.6 Å². The molecule has 6 heteroatoms. The van der Waals surface area contributed by atoms with E-state index >= 15 is 0 Å². The fourth-order valence-electron chi connectivity index (χ4n) is 4.11. The SMILES string of the molecule is CC[C@@H](NC(=O)c1ccc(OC)nc1)[C@H]1CC[C@@H](c2ccn(C)c(=O)c2)CC1. The first kappa shape index (κ1) is 20.1. The molecule has 0 aromatic carbocycles. The van der Waals surface area contributed by atoms with Crippen LogP contribution in [0.5, 0.6) is 5.88 Å². The predicted molar refractivity (Wildman–Crippen MR) is 109 cm³/mol. The van der Waals surface area contributed by atoms with Gasteiger partial charge in [0.1, 0.15) is 0 Å². The Morgan fingerprint density at radius 2 is 2.04 bits per heavy atom.